The van der Waals surface area contributed by atoms with E-state index in [0.717, 1.165) is 70.6 Å². The van der Waals surface area contributed by atoms with E-state index in [1.807, 2.05) is 21.1 Å². The van der Waals surface area contributed by atoms with E-state index in [1.165, 1.54) is 276 Å². The van der Waals surface area contributed by atoms with Crippen molar-refractivity contribution >= 4 is 17.9 Å². The number of ether oxygens (including phenoxy) is 4. The predicted octanol–water partition coefficient (Wildman–Crippen LogP) is 24.3. The molecule has 0 aromatic rings. The zero-order chi connectivity index (χ0) is 64.7. The molecule has 0 saturated heterocycles. The lowest BCUT2D eigenvalue weighted by molar-refractivity contribution is -0.870. The van der Waals surface area contributed by atoms with E-state index in [1.54, 1.807) is 0 Å². The van der Waals surface area contributed by atoms with Crippen LogP contribution in [0.2, 0.25) is 0 Å². The molecule has 2 unspecified atom stereocenters. The monoisotopic (exact) mass is 1250 g/mol. The summed E-state index contributed by atoms with van der Waals surface area (Å²) in [5, 5.41) is 9.77. The minimum atomic E-state index is -1.51. The van der Waals surface area contributed by atoms with Gasteiger partial charge in [-0.1, -0.05) is 364 Å². The number of unbranched alkanes of at least 4 members (excludes halogenated alkanes) is 47. The molecule has 9 heteroatoms. The van der Waals surface area contributed by atoms with Crippen LogP contribution in [-0.2, 0) is 33.3 Å². The molecule has 0 fully saturated rings. The number of quaternary nitrogens is 1. The van der Waals surface area contributed by atoms with E-state index in [-0.39, 0.29) is 38.2 Å². The number of aliphatic carboxylic acids is 1. The number of hydrogen-bond donors (Lipinski definition) is 1. The van der Waals surface area contributed by atoms with Gasteiger partial charge >= 0.3 is 17.9 Å². The fourth-order valence-electron chi connectivity index (χ4n) is 11.5. The molecule has 0 aliphatic heterocycles. The molecular weight excluding hydrogens is 1100 g/mol. The van der Waals surface area contributed by atoms with Crippen LogP contribution in [0.1, 0.15) is 373 Å². The van der Waals surface area contributed by atoms with Gasteiger partial charge in [-0.3, -0.25) is 9.59 Å². The maximum absolute atomic E-state index is 13.0. The summed E-state index contributed by atoms with van der Waals surface area (Å²) in [6.07, 6.45) is 90.8. The van der Waals surface area contributed by atoms with Gasteiger partial charge in [0.15, 0.2) is 6.10 Å². The van der Waals surface area contributed by atoms with Crippen LogP contribution >= 0.6 is 0 Å². The molecule has 0 rings (SSSR count). The molecule has 0 spiro atoms. The van der Waals surface area contributed by atoms with Crippen molar-refractivity contribution in [2.45, 2.75) is 386 Å². The Bertz CT molecular complexity index is 1650. The van der Waals surface area contributed by atoms with Crippen molar-refractivity contribution in [3.63, 3.8) is 0 Å². The minimum absolute atomic E-state index is 0.177. The lowest BCUT2D eigenvalue weighted by Crippen LogP contribution is -2.40. The summed E-state index contributed by atoms with van der Waals surface area (Å²) in [6, 6.07) is 0. The SMILES string of the molecule is CC/C=C\C/C=C\C/C=C\C/C=C\C/C=C\CCCCCCCCCCCCCCCCCCCC(=O)OC(COC(=O)CCCCCCCCCCCCCCCCCCCCCCCCCCCCCCCCC)COC(OCC[N+](C)(C)C)C(=O)O. The number of allylic oxidation sites excluding steroid dienone is 10. The highest BCUT2D eigenvalue weighted by Gasteiger charge is 2.25. The molecule has 0 aliphatic carbocycles. The number of esters is 2. The van der Waals surface area contributed by atoms with Gasteiger partial charge in [0.25, 0.3) is 6.29 Å². The maximum Gasteiger partial charge on any atom is 0.361 e. The Kier molecular flexibility index (Phi) is 68.5. The Hall–Kier alpha value is -3.01. The van der Waals surface area contributed by atoms with Crippen molar-refractivity contribution in [1.82, 2.24) is 0 Å². The summed E-state index contributed by atoms with van der Waals surface area (Å²) >= 11 is 0. The van der Waals surface area contributed by atoms with Crippen molar-refractivity contribution in [2.24, 2.45) is 0 Å². The first-order valence-electron chi connectivity index (χ1n) is 38.5. The number of carboxylic acids is 1. The molecule has 0 saturated carbocycles. The lowest BCUT2D eigenvalue weighted by atomic mass is 10.0. The van der Waals surface area contributed by atoms with Gasteiger partial charge < -0.3 is 28.5 Å². The molecule has 0 aromatic carbocycles. The number of carbonyl (C=O) groups is 3. The Morgan fingerprint density at radius 1 is 0.348 bits per heavy atom. The third-order valence-electron chi connectivity index (χ3n) is 17.3. The van der Waals surface area contributed by atoms with Crippen LogP contribution in [0.15, 0.2) is 60.8 Å². The van der Waals surface area contributed by atoms with Gasteiger partial charge in [-0.15, -0.1) is 0 Å². The number of nitrogens with zero attached hydrogens (tertiary/aromatic N) is 1. The molecule has 9 nitrogen and oxygen atoms in total. The molecular formula is C80H148NO8+. The first-order valence-corrected chi connectivity index (χ1v) is 38.5. The van der Waals surface area contributed by atoms with Crippen molar-refractivity contribution < 1.29 is 42.9 Å². The first-order chi connectivity index (χ1) is 43.6. The summed E-state index contributed by atoms with van der Waals surface area (Å²) < 4.78 is 23.0. The van der Waals surface area contributed by atoms with Crippen LogP contribution in [0.3, 0.4) is 0 Å². The molecule has 0 amide bonds. The summed E-state index contributed by atoms with van der Waals surface area (Å²) in [5.41, 5.74) is 0. The molecule has 0 radical (unpaired) electrons. The van der Waals surface area contributed by atoms with Crippen molar-refractivity contribution in [3.05, 3.63) is 60.8 Å². The third kappa shape index (κ3) is 72.3. The zero-order valence-electron chi connectivity index (χ0n) is 59.6. The average molecular weight is 1250 g/mol. The Labute approximate surface area is 552 Å². The average Bonchev–Trinajstić information content (AvgIpc) is 3.64. The standard InChI is InChI=1S/C80H147NO8/c1-6-8-10-12-14-16-18-20-22-24-26-28-30-32-34-36-38-39-41-43-45-47-49-51-53-55-57-59-61-63-65-67-69-71-78(83)89-76(75-88-80(79(84)85)86-73-72-81(3,4)5)74-87-77(82)70-68-66-64-62-60-58-56-54-52-50-48-46-44-42-40-37-35-33-31-29-27-25-23-21-19-17-15-13-11-9-7-2/h8,10,14,16,20,22,26,28,32,34,76,80H,6-7,9,11-13,15,17-19,21,23-25,27,29-31,33,35-75H2,1-5H3/p+1/b10-8-,16-14-,22-20-,28-26-,34-32-. The second kappa shape index (κ2) is 70.9. The normalized spacial score (nSPS) is 13.0. The van der Waals surface area contributed by atoms with E-state index in [4.69, 9.17) is 18.9 Å². The number of carbonyl (C=O) groups excluding carboxylic acids is 2. The number of hydrogen-bond acceptors (Lipinski definition) is 7. The van der Waals surface area contributed by atoms with Gasteiger partial charge in [-0.2, -0.15) is 0 Å². The van der Waals surface area contributed by atoms with E-state index in [0.29, 0.717) is 17.4 Å². The van der Waals surface area contributed by atoms with Crippen LogP contribution in [0.5, 0.6) is 0 Å². The van der Waals surface area contributed by atoms with Crippen molar-refractivity contribution in [2.75, 3.05) is 47.5 Å². The second-order valence-electron chi connectivity index (χ2n) is 27.3. The summed E-state index contributed by atoms with van der Waals surface area (Å²) in [7, 11) is 5.99. The van der Waals surface area contributed by atoms with Gasteiger partial charge in [0.2, 0.25) is 0 Å². The molecule has 1 N–H and O–H groups in total. The molecule has 0 aliphatic rings. The highest BCUT2D eigenvalue weighted by Crippen LogP contribution is 2.19. The summed E-state index contributed by atoms with van der Waals surface area (Å²) in [6.45, 7) is 4.83. The third-order valence-corrected chi connectivity index (χ3v) is 17.3. The second-order valence-corrected chi connectivity index (χ2v) is 27.3. The quantitative estimate of drug-likeness (QED) is 0.0211. The van der Waals surface area contributed by atoms with Crippen LogP contribution in [0.4, 0.5) is 0 Å². The molecule has 520 valence electrons. The minimum Gasteiger partial charge on any atom is -0.477 e. The zero-order valence-corrected chi connectivity index (χ0v) is 59.6. The Morgan fingerprint density at radius 2 is 0.640 bits per heavy atom. The number of likely N-dealkylation sites (N-methyl/N-ethyl adjacent to an activating group) is 1. The van der Waals surface area contributed by atoms with Crippen LogP contribution in [0, 0.1) is 0 Å². The maximum atomic E-state index is 13.0. The van der Waals surface area contributed by atoms with Gasteiger partial charge in [0.1, 0.15) is 13.2 Å². The van der Waals surface area contributed by atoms with E-state index in [9.17, 15) is 19.5 Å². The highest BCUT2D eigenvalue weighted by atomic mass is 16.7. The van der Waals surface area contributed by atoms with Crippen LogP contribution in [-0.4, -0.2) is 87.4 Å². The van der Waals surface area contributed by atoms with Crippen LogP contribution < -0.4 is 0 Å². The van der Waals surface area contributed by atoms with Gasteiger partial charge in [-0.05, 0) is 57.8 Å². The van der Waals surface area contributed by atoms with E-state index in [2.05, 4.69) is 74.6 Å². The molecule has 0 aromatic heterocycles. The predicted molar refractivity (Wildman–Crippen MR) is 383 cm³/mol. The molecule has 0 bridgehead atoms. The topological polar surface area (TPSA) is 108 Å². The van der Waals surface area contributed by atoms with Gasteiger partial charge in [0.05, 0.1) is 34.4 Å². The van der Waals surface area contributed by atoms with E-state index >= 15 is 0 Å². The van der Waals surface area contributed by atoms with Crippen molar-refractivity contribution in [3.8, 4) is 0 Å². The Balaban J connectivity index is 4.01. The Morgan fingerprint density at radius 3 is 0.955 bits per heavy atom. The van der Waals surface area contributed by atoms with Gasteiger partial charge in [-0.25, -0.2) is 4.79 Å². The molecule has 89 heavy (non-hydrogen) atoms. The van der Waals surface area contributed by atoms with Crippen molar-refractivity contribution in [1.29, 1.82) is 0 Å². The highest BCUT2D eigenvalue weighted by molar-refractivity contribution is 5.71. The summed E-state index contributed by atoms with van der Waals surface area (Å²) in [5.74, 6) is -1.98. The van der Waals surface area contributed by atoms with Gasteiger partial charge in [0, 0.05) is 12.8 Å². The number of rotatable bonds is 72. The molecule has 2 atom stereocenters. The van der Waals surface area contributed by atoms with Crippen LogP contribution in [0.25, 0.3) is 0 Å². The lowest BCUT2D eigenvalue weighted by Gasteiger charge is -2.25. The smallest absolute Gasteiger partial charge is 0.361 e. The first kappa shape index (κ1) is 86.0. The number of carboxylic acid groups (broad SMARTS) is 1. The van der Waals surface area contributed by atoms with E-state index < -0.39 is 18.4 Å². The fraction of sp³-hybridized carbons (Fsp3) is 0.838. The summed E-state index contributed by atoms with van der Waals surface area (Å²) in [4.78, 5) is 37.7. The molecule has 0 heterocycles. The largest absolute Gasteiger partial charge is 0.477 e. The fourth-order valence-corrected chi connectivity index (χ4v) is 11.5.